The van der Waals surface area contributed by atoms with Gasteiger partial charge in [-0.15, -0.1) is 0 Å². The molecular weight excluding hydrogens is 507 g/mol. The number of nitrogens with two attached hydrogens (primary N) is 1. The number of ether oxygens (including phenoxy) is 1. The average molecular weight is 521 g/mol. The Morgan fingerprint density at radius 3 is 2.57 bits per heavy atom. The molecule has 4 N–H and O–H groups in total. The number of hydrogen-bond donors (Lipinski definition) is 3. The van der Waals surface area contributed by atoms with Crippen molar-refractivity contribution in [3.05, 3.63) is 72.6 Å². The maximum absolute atomic E-state index is 13.2. The van der Waals surface area contributed by atoms with Crippen molar-refractivity contribution in [1.82, 2.24) is 9.97 Å². The zero-order valence-electron chi connectivity index (χ0n) is 17.6. The number of carbonyl (C=O) groups is 3. The van der Waals surface area contributed by atoms with Crippen molar-refractivity contribution >= 4 is 69.0 Å². The summed E-state index contributed by atoms with van der Waals surface area (Å²) in [5, 5.41) is 16.8. The summed E-state index contributed by atoms with van der Waals surface area (Å²) in [6.45, 7) is 0. The van der Waals surface area contributed by atoms with Crippen molar-refractivity contribution in [2.75, 3.05) is 12.4 Å². The fourth-order valence-electron chi connectivity index (χ4n) is 3.03. The monoisotopic (exact) mass is 520 g/mol. The summed E-state index contributed by atoms with van der Waals surface area (Å²) < 4.78 is 4.57. The normalized spacial score (nSPS) is 12.1. The molecule has 0 bridgehead atoms. The minimum Gasteiger partial charge on any atom is -0.464 e. The molecule has 0 spiro atoms. The zero-order valence-corrected chi connectivity index (χ0v) is 19.1. The predicted octanol–water partition coefficient (Wildman–Crippen LogP) is 1.92. The number of carbonyl (C=O) groups excluding carboxylic acids is 3. The van der Waals surface area contributed by atoms with Crippen molar-refractivity contribution in [2.24, 2.45) is 10.9 Å². The number of amides is 1. The zero-order chi connectivity index (χ0) is 25.9. The number of esters is 1. The van der Waals surface area contributed by atoms with Crippen molar-refractivity contribution in [3.63, 3.8) is 0 Å². The quantitative estimate of drug-likeness (QED) is 0.104. The third kappa shape index (κ3) is 5.26. The highest BCUT2D eigenvalue weighted by Crippen LogP contribution is 2.26. The lowest BCUT2D eigenvalue weighted by Crippen LogP contribution is -2.40. The number of ketones is 1. The number of hydrazone groups is 1. The first kappa shape index (κ1) is 25.3. The molecule has 0 fully saturated rings. The number of nitro groups is 1. The van der Waals surface area contributed by atoms with Crippen LogP contribution in [0.25, 0.3) is 11.0 Å². The van der Waals surface area contributed by atoms with Crippen LogP contribution in [0.5, 0.6) is 0 Å². The highest BCUT2D eigenvalue weighted by Gasteiger charge is 2.39. The summed E-state index contributed by atoms with van der Waals surface area (Å²) in [4.78, 5) is 67.8. The maximum Gasteiger partial charge on any atom is 0.355 e. The Morgan fingerprint density at radius 2 is 1.94 bits per heavy atom. The van der Waals surface area contributed by atoms with E-state index in [1.54, 1.807) is 0 Å². The van der Waals surface area contributed by atoms with Gasteiger partial charge in [0.25, 0.3) is 17.2 Å². The molecule has 0 aliphatic rings. The second-order valence-corrected chi connectivity index (χ2v) is 7.63. The summed E-state index contributed by atoms with van der Waals surface area (Å²) in [6, 6.07) is 7.46. The van der Waals surface area contributed by atoms with E-state index in [9.17, 15) is 29.3 Å². The molecule has 0 saturated heterocycles. The van der Waals surface area contributed by atoms with Gasteiger partial charge in [0.05, 0.1) is 33.8 Å². The number of H-pyrrole nitrogens is 1. The number of hydrogen-bond acceptors (Lipinski definition) is 10. The van der Waals surface area contributed by atoms with Gasteiger partial charge in [-0.1, -0.05) is 23.2 Å². The number of methoxy groups -OCH3 is 1. The Hall–Kier alpha value is -4.36. The molecule has 1 heterocycles. The lowest BCUT2D eigenvalue weighted by atomic mass is 9.93. The van der Waals surface area contributed by atoms with Gasteiger partial charge in [-0.3, -0.25) is 24.5 Å². The Balaban J connectivity index is 2.13. The molecule has 15 heteroatoms. The molecule has 3 aromatic rings. The van der Waals surface area contributed by atoms with E-state index in [2.05, 4.69) is 25.1 Å². The van der Waals surface area contributed by atoms with Crippen LogP contribution in [0, 0.1) is 10.1 Å². The highest BCUT2D eigenvalue weighted by molar-refractivity contribution is 6.53. The predicted molar refractivity (Wildman–Crippen MR) is 125 cm³/mol. The largest absolute Gasteiger partial charge is 0.464 e. The lowest BCUT2D eigenvalue weighted by molar-refractivity contribution is -0.384. The first-order chi connectivity index (χ1) is 16.6. The maximum atomic E-state index is 13.2. The standard InChI is InChI=1S/C20H14Cl2N6O7/c1-35-20(32)16(27-23)14(17(29)19(31)25-12-6-8(21)2-4-10(12)22)15-18(30)26-13-7-9(28(33)34)3-5-11(13)24-15/h2-7,14H,23H2,1H3,(H,25,31)(H,26,30)/b27-16-/t14-/m0/s1. The van der Waals surface area contributed by atoms with Gasteiger partial charge in [-0.2, -0.15) is 5.10 Å². The Labute approximate surface area is 205 Å². The van der Waals surface area contributed by atoms with E-state index in [1.165, 1.54) is 24.3 Å². The van der Waals surface area contributed by atoms with Gasteiger partial charge in [-0.25, -0.2) is 9.78 Å². The number of aromatic amines is 1. The van der Waals surface area contributed by atoms with Gasteiger partial charge >= 0.3 is 5.97 Å². The van der Waals surface area contributed by atoms with Crippen LogP contribution in [0.15, 0.2) is 46.3 Å². The molecule has 0 saturated carbocycles. The topological polar surface area (TPSA) is 200 Å². The smallest absolute Gasteiger partial charge is 0.355 e. The number of anilines is 1. The number of fused-ring (bicyclic) bond motifs is 1. The molecular formula is C20H14Cl2N6O7. The van der Waals surface area contributed by atoms with Crippen LogP contribution in [-0.4, -0.2) is 45.4 Å². The van der Waals surface area contributed by atoms with Crippen LogP contribution in [-0.2, 0) is 19.1 Å². The van der Waals surface area contributed by atoms with Gasteiger partial charge in [0.2, 0.25) is 5.78 Å². The third-order valence-corrected chi connectivity index (χ3v) is 5.22. The van der Waals surface area contributed by atoms with Crippen molar-refractivity contribution in [2.45, 2.75) is 5.92 Å². The lowest BCUT2D eigenvalue weighted by Gasteiger charge is -2.16. The molecule has 35 heavy (non-hydrogen) atoms. The molecule has 13 nitrogen and oxygen atoms in total. The van der Waals surface area contributed by atoms with Crippen molar-refractivity contribution in [1.29, 1.82) is 0 Å². The minimum atomic E-state index is -1.99. The van der Waals surface area contributed by atoms with Gasteiger partial charge in [0, 0.05) is 17.2 Å². The fourth-order valence-corrected chi connectivity index (χ4v) is 3.37. The first-order valence-electron chi connectivity index (χ1n) is 9.42. The number of nitro benzene ring substituents is 1. The fraction of sp³-hybridized carbons (Fsp3) is 0.100. The molecule has 1 amide bonds. The molecule has 0 unspecified atom stereocenters. The van der Waals surface area contributed by atoms with E-state index in [4.69, 9.17) is 29.0 Å². The average Bonchev–Trinajstić information content (AvgIpc) is 2.83. The second kappa shape index (κ2) is 10.3. The molecule has 2 aromatic carbocycles. The number of benzene rings is 2. The molecule has 0 aliphatic carbocycles. The van der Waals surface area contributed by atoms with Crippen molar-refractivity contribution < 1.29 is 24.0 Å². The van der Waals surface area contributed by atoms with Gasteiger partial charge in [0.15, 0.2) is 5.71 Å². The van der Waals surface area contributed by atoms with Gasteiger partial charge < -0.3 is 20.9 Å². The molecule has 1 atom stereocenters. The highest BCUT2D eigenvalue weighted by atomic mass is 35.5. The number of halogens is 2. The Morgan fingerprint density at radius 1 is 1.23 bits per heavy atom. The van der Waals surface area contributed by atoms with Crippen LogP contribution in [0.4, 0.5) is 11.4 Å². The Kier molecular flexibility index (Phi) is 7.42. The number of aromatic nitrogens is 2. The molecule has 1 aromatic heterocycles. The summed E-state index contributed by atoms with van der Waals surface area (Å²) in [5.74, 6) is -0.558. The van der Waals surface area contributed by atoms with E-state index in [0.29, 0.717) is 0 Å². The van der Waals surface area contributed by atoms with Gasteiger partial charge in [0.1, 0.15) is 11.6 Å². The van der Waals surface area contributed by atoms with Crippen LogP contribution in [0.1, 0.15) is 11.6 Å². The summed E-state index contributed by atoms with van der Waals surface area (Å²) in [7, 11) is 0.970. The van der Waals surface area contributed by atoms with Gasteiger partial charge in [-0.05, 0) is 24.3 Å². The summed E-state index contributed by atoms with van der Waals surface area (Å²) >= 11 is 11.9. The number of non-ortho nitro benzene ring substituents is 1. The van der Waals surface area contributed by atoms with E-state index in [0.717, 1.165) is 19.2 Å². The minimum absolute atomic E-state index is 0.0162. The number of nitrogens with one attached hydrogen (secondary N) is 2. The van der Waals surface area contributed by atoms with E-state index in [-0.39, 0.29) is 32.5 Å². The van der Waals surface area contributed by atoms with Crippen LogP contribution in [0.2, 0.25) is 10.0 Å². The second-order valence-electron chi connectivity index (χ2n) is 6.79. The third-order valence-electron chi connectivity index (χ3n) is 4.66. The molecule has 0 aliphatic heterocycles. The molecule has 180 valence electrons. The van der Waals surface area contributed by atoms with Crippen LogP contribution < -0.4 is 16.7 Å². The van der Waals surface area contributed by atoms with Crippen LogP contribution in [0.3, 0.4) is 0 Å². The van der Waals surface area contributed by atoms with Crippen molar-refractivity contribution in [3.8, 4) is 0 Å². The molecule has 3 rings (SSSR count). The van der Waals surface area contributed by atoms with Crippen LogP contribution >= 0.6 is 23.2 Å². The SMILES string of the molecule is COC(=O)/C(=N\N)[C@@H](C(=O)C(=O)Nc1cc(Cl)ccc1Cl)c1nc2ccc([N+](=O)[O-])cc2[nH]c1=O. The molecule has 0 radical (unpaired) electrons. The number of Topliss-reactive ketones (excluding diaryl/α,β-unsaturated/α-hetero) is 1. The number of rotatable bonds is 7. The van der Waals surface area contributed by atoms with E-state index in [1.807, 2.05) is 0 Å². The first-order valence-corrected chi connectivity index (χ1v) is 10.2. The summed E-state index contributed by atoms with van der Waals surface area (Å²) in [5.41, 5.74) is -2.81. The van der Waals surface area contributed by atoms with E-state index >= 15 is 0 Å². The number of nitrogens with zero attached hydrogens (tertiary/aromatic N) is 3. The van der Waals surface area contributed by atoms with E-state index < -0.39 is 45.5 Å². The summed E-state index contributed by atoms with van der Waals surface area (Å²) in [6.07, 6.45) is 0. The Bertz CT molecular complexity index is 1470.